The molecule has 1 atom stereocenters. The summed E-state index contributed by atoms with van der Waals surface area (Å²) in [6, 6.07) is 9.16. The van der Waals surface area contributed by atoms with Gasteiger partial charge in [0.2, 0.25) is 0 Å². The fraction of sp³-hybridized carbons (Fsp3) is 0.625. The fourth-order valence-corrected chi connectivity index (χ4v) is 3.59. The van der Waals surface area contributed by atoms with Crippen molar-refractivity contribution in [3.63, 3.8) is 0 Å². The molecule has 1 spiro atoms. The van der Waals surface area contributed by atoms with Gasteiger partial charge in [-0.2, -0.15) is 0 Å². The summed E-state index contributed by atoms with van der Waals surface area (Å²) in [4.78, 5) is 5.07. The third kappa shape index (κ3) is 2.14. The first-order valence-corrected chi connectivity index (χ1v) is 7.23. The fourth-order valence-electron chi connectivity index (χ4n) is 3.59. The topological polar surface area (TPSA) is 6.48 Å². The van der Waals surface area contributed by atoms with Gasteiger partial charge in [0.15, 0.2) is 0 Å². The Balaban J connectivity index is 1.71. The van der Waals surface area contributed by atoms with Crippen molar-refractivity contribution in [1.29, 1.82) is 0 Å². The maximum absolute atomic E-state index is 2.58. The number of hydrogen-bond donors (Lipinski definition) is 0. The minimum absolute atomic E-state index is 0.582. The number of benzene rings is 1. The third-order valence-electron chi connectivity index (χ3n) is 4.78. The summed E-state index contributed by atoms with van der Waals surface area (Å²) >= 11 is 0. The lowest BCUT2D eigenvalue weighted by Gasteiger charge is -2.25. The Morgan fingerprint density at radius 2 is 1.78 bits per heavy atom. The van der Waals surface area contributed by atoms with E-state index in [0.717, 1.165) is 6.42 Å². The van der Waals surface area contributed by atoms with Crippen LogP contribution in [-0.2, 0) is 6.42 Å². The lowest BCUT2D eigenvalue weighted by atomic mass is 9.86. The molecule has 2 nitrogen and oxygen atoms in total. The van der Waals surface area contributed by atoms with Crippen molar-refractivity contribution in [2.24, 2.45) is 5.41 Å². The van der Waals surface area contributed by atoms with Crippen LogP contribution >= 0.6 is 0 Å². The number of hydrogen-bond acceptors (Lipinski definition) is 2. The Bertz CT molecular complexity index is 412. The number of nitrogens with zero attached hydrogens (tertiary/aromatic N) is 2. The molecule has 2 aliphatic rings. The summed E-state index contributed by atoms with van der Waals surface area (Å²) in [6.45, 7) is 7.27. The second kappa shape index (κ2) is 4.58. The quantitative estimate of drug-likeness (QED) is 0.789. The number of anilines is 1. The van der Waals surface area contributed by atoms with Gasteiger partial charge in [0.25, 0.3) is 0 Å². The summed E-state index contributed by atoms with van der Waals surface area (Å²) in [6.07, 6.45) is 3.88. The van der Waals surface area contributed by atoms with Gasteiger partial charge in [-0.05, 0) is 50.6 Å². The van der Waals surface area contributed by atoms with Gasteiger partial charge in [-0.25, -0.2) is 0 Å². The van der Waals surface area contributed by atoms with Crippen LogP contribution in [-0.4, -0.2) is 38.1 Å². The van der Waals surface area contributed by atoms with E-state index >= 15 is 0 Å². The first kappa shape index (κ1) is 12.0. The third-order valence-corrected chi connectivity index (χ3v) is 4.78. The van der Waals surface area contributed by atoms with E-state index < -0.39 is 0 Å². The zero-order chi connectivity index (χ0) is 12.6. The highest BCUT2D eigenvalue weighted by Crippen LogP contribution is 2.40. The molecule has 0 bridgehead atoms. The predicted octanol–water partition coefficient (Wildman–Crippen LogP) is 2.78. The predicted molar refractivity (Wildman–Crippen MR) is 77.2 cm³/mol. The van der Waals surface area contributed by atoms with Crippen molar-refractivity contribution in [3.05, 3.63) is 29.8 Å². The van der Waals surface area contributed by atoms with Crippen LogP contribution in [0.2, 0.25) is 0 Å². The van der Waals surface area contributed by atoms with E-state index in [1.54, 1.807) is 0 Å². The number of aryl methyl sites for hydroxylation is 1. The van der Waals surface area contributed by atoms with Gasteiger partial charge in [-0.15, -0.1) is 0 Å². The van der Waals surface area contributed by atoms with Crippen molar-refractivity contribution in [1.82, 2.24) is 4.90 Å². The summed E-state index contributed by atoms with van der Waals surface area (Å²) in [5, 5.41) is 0. The minimum Gasteiger partial charge on any atom is -0.371 e. The second-order valence-corrected chi connectivity index (χ2v) is 6.18. The van der Waals surface area contributed by atoms with Crippen LogP contribution in [0.25, 0.3) is 0 Å². The normalized spacial score (nSPS) is 28.4. The zero-order valence-corrected chi connectivity index (χ0v) is 11.7. The van der Waals surface area contributed by atoms with Crippen molar-refractivity contribution in [2.45, 2.75) is 26.2 Å². The van der Waals surface area contributed by atoms with Crippen LogP contribution in [0.15, 0.2) is 24.3 Å². The van der Waals surface area contributed by atoms with Gasteiger partial charge in [-0.3, -0.25) is 0 Å². The highest BCUT2D eigenvalue weighted by atomic mass is 15.2. The molecule has 1 aromatic rings. The second-order valence-electron chi connectivity index (χ2n) is 6.18. The lowest BCUT2D eigenvalue weighted by Crippen LogP contribution is -2.29. The largest absolute Gasteiger partial charge is 0.371 e. The van der Waals surface area contributed by atoms with Gasteiger partial charge in [0.1, 0.15) is 0 Å². The molecule has 0 saturated carbocycles. The lowest BCUT2D eigenvalue weighted by molar-refractivity contribution is 0.312. The average Bonchev–Trinajstić information content (AvgIpc) is 2.97. The molecule has 1 aromatic carbocycles. The van der Waals surface area contributed by atoms with Crippen LogP contribution in [0.4, 0.5) is 5.69 Å². The Morgan fingerprint density at radius 1 is 1.06 bits per heavy atom. The van der Waals surface area contributed by atoms with Crippen molar-refractivity contribution in [3.8, 4) is 0 Å². The van der Waals surface area contributed by atoms with E-state index in [2.05, 4.69) is 48.0 Å². The monoisotopic (exact) mass is 244 g/mol. The summed E-state index contributed by atoms with van der Waals surface area (Å²) < 4.78 is 0. The van der Waals surface area contributed by atoms with Crippen molar-refractivity contribution < 1.29 is 0 Å². The summed E-state index contributed by atoms with van der Waals surface area (Å²) in [7, 11) is 2.26. The molecule has 0 amide bonds. The molecule has 98 valence electrons. The minimum atomic E-state index is 0.582. The molecule has 0 N–H and O–H groups in total. The van der Waals surface area contributed by atoms with Gasteiger partial charge in [0.05, 0.1) is 0 Å². The Hall–Kier alpha value is -1.02. The molecule has 0 aromatic heterocycles. The van der Waals surface area contributed by atoms with Crippen LogP contribution in [0.3, 0.4) is 0 Å². The van der Waals surface area contributed by atoms with Crippen LogP contribution in [0.5, 0.6) is 0 Å². The molecule has 18 heavy (non-hydrogen) atoms. The molecule has 0 radical (unpaired) electrons. The van der Waals surface area contributed by atoms with E-state index in [9.17, 15) is 0 Å². The number of rotatable bonds is 2. The zero-order valence-electron chi connectivity index (χ0n) is 11.7. The van der Waals surface area contributed by atoms with E-state index in [1.807, 2.05) is 0 Å². The maximum atomic E-state index is 2.58. The molecule has 0 aliphatic carbocycles. The van der Waals surface area contributed by atoms with Crippen molar-refractivity contribution >= 4 is 5.69 Å². The van der Waals surface area contributed by atoms with Gasteiger partial charge < -0.3 is 9.80 Å². The highest BCUT2D eigenvalue weighted by molar-refractivity contribution is 5.49. The first-order valence-electron chi connectivity index (χ1n) is 7.23. The molecule has 2 saturated heterocycles. The van der Waals surface area contributed by atoms with E-state index in [-0.39, 0.29) is 0 Å². The Kier molecular flexibility index (Phi) is 3.06. The van der Waals surface area contributed by atoms with E-state index in [4.69, 9.17) is 0 Å². The Labute approximate surface area is 111 Å². The van der Waals surface area contributed by atoms with Crippen LogP contribution in [0, 0.1) is 5.41 Å². The smallest absolute Gasteiger partial charge is 0.0366 e. The number of likely N-dealkylation sites (tertiary alicyclic amines) is 1. The van der Waals surface area contributed by atoms with Gasteiger partial charge >= 0.3 is 0 Å². The molecule has 3 rings (SSSR count). The summed E-state index contributed by atoms with van der Waals surface area (Å²) in [5.41, 5.74) is 3.44. The molecule has 2 aliphatic heterocycles. The average molecular weight is 244 g/mol. The molecule has 2 heteroatoms. The molecular formula is C16H24N2. The van der Waals surface area contributed by atoms with Gasteiger partial charge in [0, 0.05) is 30.7 Å². The maximum Gasteiger partial charge on any atom is 0.0366 e. The van der Waals surface area contributed by atoms with Crippen molar-refractivity contribution in [2.75, 3.05) is 38.1 Å². The standard InChI is InChI=1S/C16H24N2/c1-3-14-4-6-15(7-5-14)18-11-9-16(13-18)8-10-17(2)12-16/h4-7H,3,8-13H2,1-2H3. The summed E-state index contributed by atoms with van der Waals surface area (Å²) in [5.74, 6) is 0. The molecule has 2 fully saturated rings. The molecule has 2 heterocycles. The Morgan fingerprint density at radius 3 is 2.39 bits per heavy atom. The van der Waals surface area contributed by atoms with Crippen LogP contribution in [0.1, 0.15) is 25.3 Å². The van der Waals surface area contributed by atoms with Gasteiger partial charge in [-0.1, -0.05) is 19.1 Å². The first-order chi connectivity index (χ1) is 8.71. The van der Waals surface area contributed by atoms with E-state index in [1.165, 1.54) is 50.3 Å². The SMILES string of the molecule is CCc1ccc(N2CCC3(CCN(C)C3)C2)cc1. The molecule has 1 unspecified atom stereocenters. The molecular weight excluding hydrogens is 220 g/mol. The van der Waals surface area contributed by atoms with E-state index in [0.29, 0.717) is 5.41 Å². The van der Waals surface area contributed by atoms with Crippen LogP contribution < -0.4 is 4.90 Å². The highest BCUT2D eigenvalue weighted by Gasteiger charge is 2.42.